The summed E-state index contributed by atoms with van der Waals surface area (Å²) in [5.41, 5.74) is -0.00996. The second-order valence-corrected chi connectivity index (χ2v) is 4.80. The Labute approximate surface area is 116 Å². The number of carbonyl (C=O) groups is 1. The zero-order valence-corrected chi connectivity index (χ0v) is 11.3. The average Bonchev–Trinajstić information content (AvgIpc) is 2.91. The van der Waals surface area contributed by atoms with Crippen LogP contribution in [0.5, 0.6) is 0 Å². The molecule has 0 saturated carbocycles. The lowest BCUT2D eigenvalue weighted by molar-refractivity contribution is 0.0915. The zero-order valence-electron chi connectivity index (χ0n) is 11.3. The number of carbonyl (C=O) groups excluding carboxylic acids is 1. The molecule has 2 rings (SSSR count). The predicted molar refractivity (Wildman–Crippen MR) is 70.3 cm³/mol. The van der Waals surface area contributed by atoms with Crippen molar-refractivity contribution in [2.24, 2.45) is 5.92 Å². The summed E-state index contributed by atoms with van der Waals surface area (Å²) >= 11 is 0. The molecule has 106 valence electrons. The molecule has 1 amide bonds. The molecule has 1 N–H and O–H groups in total. The van der Waals surface area contributed by atoms with Crippen LogP contribution in [0.4, 0.5) is 4.39 Å². The molecule has 0 fully saturated rings. The van der Waals surface area contributed by atoms with Gasteiger partial charge in [-0.2, -0.15) is 0 Å². The molecule has 6 nitrogen and oxygen atoms in total. The Kier molecular flexibility index (Phi) is 4.39. The van der Waals surface area contributed by atoms with Gasteiger partial charge in [-0.05, 0) is 12.0 Å². The number of rotatable bonds is 5. The van der Waals surface area contributed by atoms with E-state index in [4.69, 9.17) is 0 Å². The van der Waals surface area contributed by atoms with Gasteiger partial charge < -0.3 is 5.32 Å². The van der Waals surface area contributed by atoms with Crippen molar-refractivity contribution in [2.75, 3.05) is 0 Å². The monoisotopic (exact) mass is 277 g/mol. The molecule has 1 atom stereocenters. The highest BCUT2D eigenvalue weighted by molar-refractivity contribution is 5.94. The fourth-order valence-electron chi connectivity index (χ4n) is 1.76. The molecule has 0 aliphatic carbocycles. The Bertz CT molecular complexity index is 570. The molecule has 0 bridgehead atoms. The van der Waals surface area contributed by atoms with Gasteiger partial charge in [0.2, 0.25) is 0 Å². The summed E-state index contributed by atoms with van der Waals surface area (Å²) in [6.07, 6.45) is 5.70. The molecule has 0 aliphatic heterocycles. The molecule has 2 aromatic rings. The van der Waals surface area contributed by atoms with E-state index < -0.39 is 11.7 Å². The SMILES string of the molecule is CC(C)[C@H](Cn1ccnn1)NC(=O)c1ccncc1F. The third-order valence-electron chi connectivity index (χ3n) is 2.99. The number of hydrogen-bond donors (Lipinski definition) is 1. The number of aromatic nitrogens is 4. The van der Waals surface area contributed by atoms with Gasteiger partial charge in [-0.25, -0.2) is 4.39 Å². The van der Waals surface area contributed by atoms with E-state index in [0.29, 0.717) is 6.54 Å². The molecule has 0 aromatic carbocycles. The smallest absolute Gasteiger partial charge is 0.254 e. The van der Waals surface area contributed by atoms with Gasteiger partial charge >= 0.3 is 0 Å². The number of hydrogen-bond acceptors (Lipinski definition) is 4. The van der Waals surface area contributed by atoms with E-state index in [1.54, 1.807) is 17.1 Å². The van der Waals surface area contributed by atoms with Crippen LogP contribution in [0.1, 0.15) is 24.2 Å². The molecule has 0 spiro atoms. The summed E-state index contributed by atoms with van der Waals surface area (Å²) in [5, 5.41) is 10.4. The van der Waals surface area contributed by atoms with Crippen molar-refractivity contribution in [1.82, 2.24) is 25.3 Å². The van der Waals surface area contributed by atoms with E-state index in [2.05, 4.69) is 20.6 Å². The number of amides is 1. The first-order chi connectivity index (χ1) is 9.58. The summed E-state index contributed by atoms with van der Waals surface area (Å²) in [5.74, 6) is -0.912. The lowest BCUT2D eigenvalue weighted by Gasteiger charge is -2.22. The Morgan fingerprint density at radius 3 is 2.85 bits per heavy atom. The van der Waals surface area contributed by atoms with Gasteiger partial charge in [-0.15, -0.1) is 5.10 Å². The maximum absolute atomic E-state index is 13.5. The van der Waals surface area contributed by atoms with Gasteiger partial charge in [0.1, 0.15) is 0 Å². The highest BCUT2D eigenvalue weighted by Gasteiger charge is 2.20. The fourth-order valence-corrected chi connectivity index (χ4v) is 1.76. The Balaban J connectivity index is 2.08. The van der Waals surface area contributed by atoms with E-state index in [1.165, 1.54) is 12.3 Å². The van der Waals surface area contributed by atoms with Crippen LogP contribution in [0.25, 0.3) is 0 Å². The molecular weight excluding hydrogens is 261 g/mol. The second kappa shape index (κ2) is 6.23. The van der Waals surface area contributed by atoms with E-state index in [0.717, 1.165) is 6.20 Å². The topological polar surface area (TPSA) is 72.7 Å². The lowest BCUT2D eigenvalue weighted by atomic mass is 10.0. The largest absolute Gasteiger partial charge is 0.347 e. The van der Waals surface area contributed by atoms with Crippen LogP contribution in [-0.4, -0.2) is 31.9 Å². The number of halogens is 1. The third-order valence-corrected chi connectivity index (χ3v) is 2.99. The van der Waals surface area contributed by atoms with Crippen LogP contribution in [-0.2, 0) is 6.54 Å². The van der Waals surface area contributed by atoms with E-state index in [1.807, 2.05) is 13.8 Å². The van der Waals surface area contributed by atoms with Crippen molar-refractivity contribution >= 4 is 5.91 Å². The second-order valence-electron chi connectivity index (χ2n) is 4.80. The Morgan fingerprint density at radius 2 is 2.25 bits per heavy atom. The molecule has 0 aliphatic rings. The standard InChI is InChI=1S/C13H16FN5O/c1-9(2)12(8-19-6-5-16-18-19)17-13(20)10-3-4-15-7-11(10)14/h3-7,9,12H,8H2,1-2H3,(H,17,20)/t12-/m0/s1. The minimum atomic E-state index is -0.631. The normalized spacial score (nSPS) is 12.4. The maximum Gasteiger partial charge on any atom is 0.254 e. The van der Waals surface area contributed by atoms with E-state index in [9.17, 15) is 9.18 Å². The maximum atomic E-state index is 13.5. The quantitative estimate of drug-likeness (QED) is 0.893. The summed E-state index contributed by atoms with van der Waals surface area (Å²) in [6, 6.07) is 1.19. The lowest BCUT2D eigenvalue weighted by Crippen LogP contribution is -2.42. The molecule has 0 saturated heterocycles. The molecule has 2 heterocycles. The minimum Gasteiger partial charge on any atom is -0.347 e. The highest BCUT2D eigenvalue weighted by Crippen LogP contribution is 2.08. The Morgan fingerprint density at radius 1 is 1.45 bits per heavy atom. The van der Waals surface area contributed by atoms with Crippen molar-refractivity contribution in [3.8, 4) is 0 Å². The van der Waals surface area contributed by atoms with Crippen molar-refractivity contribution in [2.45, 2.75) is 26.4 Å². The van der Waals surface area contributed by atoms with E-state index >= 15 is 0 Å². The van der Waals surface area contributed by atoms with Gasteiger partial charge in [0.05, 0.1) is 30.5 Å². The molecule has 0 unspecified atom stereocenters. The fraction of sp³-hybridized carbons (Fsp3) is 0.385. The molecule has 7 heteroatoms. The van der Waals surface area contributed by atoms with Gasteiger partial charge in [0.25, 0.3) is 5.91 Å². The summed E-state index contributed by atoms with van der Waals surface area (Å²) in [4.78, 5) is 15.7. The van der Waals surface area contributed by atoms with Crippen molar-refractivity contribution < 1.29 is 9.18 Å². The van der Waals surface area contributed by atoms with Crippen LogP contribution in [0.15, 0.2) is 30.9 Å². The number of pyridine rings is 1. The summed E-state index contributed by atoms with van der Waals surface area (Å²) < 4.78 is 15.2. The van der Waals surface area contributed by atoms with Crippen LogP contribution in [0, 0.1) is 11.7 Å². The van der Waals surface area contributed by atoms with Gasteiger partial charge in [-0.1, -0.05) is 19.1 Å². The first kappa shape index (κ1) is 14.1. The van der Waals surface area contributed by atoms with Gasteiger partial charge in [0, 0.05) is 12.4 Å². The highest BCUT2D eigenvalue weighted by atomic mass is 19.1. The van der Waals surface area contributed by atoms with Gasteiger partial charge in [0.15, 0.2) is 5.82 Å². The van der Waals surface area contributed by atoms with Crippen LogP contribution >= 0.6 is 0 Å². The average molecular weight is 277 g/mol. The first-order valence-corrected chi connectivity index (χ1v) is 6.32. The number of nitrogens with one attached hydrogen (secondary N) is 1. The van der Waals surface area contributed by atoms with Crippen molar-refractivity contribution in [1.29, 1.82) is 0 Å². The van der Waals surface area contributed by atoms with Crippen molar-refractivity contribution in [3.63, 3.8) is 0 Å². The molecule has 2 aromatic heterocycles. The van der Waals surface area contributed by atoms with E-state index in [-0.39, 0.29) is 17.5 Å². The third kappa shape index (κ3) is 3.37. The van der Waals surface area contributed by atoms with Crippen LogP contribution in [0.2, 0.25) is 0 Å². The van der Waals surface area contributed by atoms with Crippen molar-refractivity contribution in [3.05, 3.63) is 42.2 Å². The summed E-state index contributed by atoms with van der Waals surface area (Å²) in [6.45, 7) is 4.44. The minimum absolute atomic E-state index is 0.00996. The zero-order chi connectivity index (χ0) is 14.5. The predicted octanol–water partition coefficient (Wildman–Crippen LogP) is 1.27. The molecular formula is C13H16FN5O. The molecule has 0 radical (unpaired) electrons. The summed E-state index contributed by atoms with van der Waals surface area (Å²) in [7, 11) is 0. The van der Waals surface area contributed by atoms with Gasteiger partial charge in [-0.3, -0.25) is 14.5 Å². The van der Waals surface area contributed by atoms with Crippen LogP contribution < -0.4 is 5.32 Å². The number of nitrogens with zero attached hydrogens (tertiary/aromatic N) is 4. The molecule has 20 heavy (non-hydrogen) atoms. The Hall–Kier alpha value is -2.31. The van der Waals surface area contributed by atoms with Crippen LogP contribution in [0.3, 0.4) is 0 Å². The first-order valence-electron chi connectivity index (χ1n) is 6.32.